The maximum Gasteiger partial charge on any atom is 0.307 e. The van der Waals surface area contributed by atoms with Gasteiger partial charge in [-0.1, -0.05) is 31.2 Å². The van der Waals surface area contributed by atoms with E-state index in [1.807, 2.05) is 45.0 Å². The van der Waals surface area contributed by atoms with E-state index in [1.54, 1.807) is 0 Å². The Kier molecular flexibility index (Phi) is 4.66. The third-order valence-corrected chi connectivity index (χ3v) is 4.47. The van der Waals surface area contributed by atoms with Crippen LogP contribution in [0.4, 0.5) is 0 Å². The predicted molar refractivity (Wildman–Crippen MR) is 80.8 cm³/mol. The van der Waals surface area contributed by atoms with Crippen LogP contribution in [0.5, 0.6) is 0 Å². The number of nitrogens with one attached hydrogen (secondary N) is 1. The van der Waals surface area contributed by atoms with Gasteiger partial charge in [-0.05, 0) is 43.7 Å². The normalized spacial score (nSPS) is 26.3. The summed E-state index contributed by atoms with van der Waals surface area (Å²) in [5.74, 6) is -1.67. The van der Waals surface area contributed by atoms with Crippen molar-refractivity contribution in [1.29, 1.82) is 0 Å². The minimum Gasteiger partial charge on any atom is -0.481 e. The van der Waals surface area contributed by atoms with Gasteiger partial charge in [0.15, 0.2) is 0 Å². The lowest BCUT2D eigenvalue weighted by Gasteiger charge is -2.21. The number of hydrogen-bond donors (Lipinski definition) is 2. The zero-order chi connectivity index (χ0) is 15.6. The Labute approximate surface area is 125 Å². The molecule has 2 N–H and O–H groups in total. The summed E-state index contributed by atoms with van der Waals surface area (Å²) in [6.07, 6.45) is 1.25. The number of carbonyl (C=O) groups is 2. The second-order valence-electron chi connectivity index (χ2n) is 6.21. The molecule has 21 heavy (non-hydrogen) atoms. The summed E-state index contributed by atoms with van der Waals surface area (Å²) in [6, 6.07) is 7.81. The molecule has 0 saturated heterocycles. The Morgan fingerprint density at radius 2 is 1.86 bits per heavy atom. The van der Waals surface area contributed by atoms with Gasteiger partial charge in [-0.2, -0.15) is 0 Å². The minimum absolute atomic E-state index is 0.107. The number of rotatable bonds is 4. The standard InChI is InChI=1S/C17H23NO3/c1-10-8-14(15(9-10)17(20)21)16(19)18-12(3)13-7-5-4-6-11(13)2/h4-7,10,12,14-15H,8-9H2,1-3H3,(H,18,19)(H,20,21)/t10?,12-,14?,15?/m0/s1. The molecule has 1 amide bonds. The van der Waals surface area contributed by atoms with Crippen molar-refractivity contribution in [2.45, 2.75) is 39.7 Å². The molecule has 1 fully saturated rings. The van der Waals surface area contributed by atoms with Gasteiger partial charge in [0.2, 0.25) is 5.91 Å². The van der Waals surface area contributed by atoms with Gasteiger partial charge in [-0.3, -0.25) is 9.59 Å². The molecule has 0 heterocycles. The van der Waals surface area contributed by atoms with E-state index in [1.165, 1.54) is 0 Å². The monoisotopic (exact) mass is 289 g/mol. The molecule has 4 atom stereocenters. The first-order valence-corrected chi connectivity index (χ1v) is 7.48. The highest BCUT2D eigenvalue weighted by Crippen LogP contribution is 2.37. The minimum atomic E-state index is -0.858. The van der Waals surface area contributed by atoms with Crippen molar-refractivity contribution in [3.8, 4) is 0 Å². The zero-order valence-corrected chi connectivity index (χ0v) is 12.8. The number of carboxylic acid groups (broad SMARTS) is 1. The average Bonchev–Trinajstić information content (AvgIpc) is 2.81. The lowest BCUT2D eigenvalue weighted by molar-refractivity contribution is -0.146. The summed E-state index contributed by atoms with van der Waals surface area (Å²) >= 11 is 0. The Morgan fingerprint density at radius 1 is 1.24 bits per heavy atom. The van der Waals surface area contributed by atoms with E-state index in [-0.39, 0.29) is 17.9 Å². The number of aliphatic carboxylic acids is 1. The number of carboxylic acids is 1. The molecular weight excluding hydrogens is 266 g/mol. The van der Waals surface area contributed by atoms with Crippen LogP contribution in [0.1, 0.15) is 43.9 Å². The van der Waals surface area contributed by atoms with Gasteiger partial charge in [0.25, 0.3) is 0 Å². The topological polar surface area (TPSA) is 66.4 Å². The lowest BCUT2D eigenvalue weighted by Crippen LogP contribution is -2.36. The van der Waals surface area contributed by atoms with Crippen molar-refractivity contribution in [3.05, 3.63) is 35.4 Å². The average molecular weight is 289 g/mol. The summed E-state index contributed by atoms with van der Waals surface area (Å²) in [5, 5.41) is 12.2. The molecule has 1 aromatic carbocycles. The van der Waals surface area contributed by atoms with Crippen LogP contribution in [0.15, 0.2) is 24.3 Å². The Balaban J connectivity index is 2.07. The van der Waals surface area contributed by atoms with Crippen LogP contribution in [-0.4, -0.2) is 17.0 Å². The first kappa shape index (κ1) is 15.5. The Hall–Kier alpha value is -1.84. The first-order chi connectivity index (χ1) is 9.90. The van der Waals surface area contributed by atoms with Crippen LogP contribution in [-0.2, 0) is 9.59 Å². The van der Waals surface area contributed by atoms with Gasteiger partial charge in [0.05, 0.1) is 17.9 Å². The SMILES string of the molecule is Cc1ccccc1[C@H](C)NC(=O)C1CC(C)CC1C(=O)O. The molecule has 4 nitrogen and oxygen atoms in total. The van der Waals surface area contributed by atoms with Crippen molar-refractivity contribution < 1.29 is 14.7 Å². The summed E-state index contributed by atoms with van der Waals surface area (Å²) < 4.78 is 0. The van der Waals surface area contributed by atoms with Crippen LogP contribution in [0.2, 0.25) is 0 Å². The van der Waals surface area contributed by atoms with E-state index >= 15 is 0 Å². The molecule has 0 aliphatic heterocycles. The molecule has 4 heteroatoms. The molecule has 0 bridgehead atoms. The van der Waals surface area contributed by atoms with Crippen LogP contribution in [0, 0.1) is 24.7 Å². The van der Waals surface area contributed by atoms with Crippen molar-refractivity contribution in [1.82, 2.24) is 5.32 Å². The summed E-state index contributed by atoms with van der Waals surface area (Å²) in [4.78, 5) is 23.7. The summed E-state index contributed by atoms with van der Waals surface area (Å²) in [5.41, 5.74) is 2.20. The number of hydrogen-bond acceptors (Lipinski definition) is 2. The maximum atomic E-state index is 12.4. The molecule has 1 saturated carbocycles. The zero-order valence-electron chi connectivity index (χ0n) is 12.8. The molecule has 114 valence electrons. The fourth-order valence-corrected chi connectivity index (χ4v) is 3.33. The fraction of sp³-hybridized carbons (Fsp3) is 0.529. The number of amides is 1. The van der Waals surface area contributed by atoms with Gasteiger partial charge in [0.1, 0.15) is 0 Å². The highest BCUT2D eigenvalue weighted by molar-refractivity contribution is 5.85. The van der Waals surface area contributed by atoms with Crippen molar-refractivity contribution in [2.24, 2.45) is 17.8 Å². The second kappa shape index (κ2) is 6.29. The summed E-state index contributed by atoms with van der Waals surface area (Å²) in [7, 11) is 0. The van der Waals surface area contributed by atoms with Crippen LogP contribution in [0.25, 0.3) is 0 Å². The number of aryl methyl sites for hydroxylation is 1. The maximum absolute atomic E-state index is 12.4. The first-order valence-electron chi connectivity index (χ1n) is 7.48. The van der Waals surface area contributed by atoms with E-state index in [0.717, 1.165) is 11.1 Å². The summed E-state index contributed by atoms with van der Waals surface area (Å²) in [6.45, 7) is 5.96. The molecule has 2 rings (SSSR count). The number of carbonyl (C=O) groups excluding carboxylic acids is 1. The van der Waals surface area contributed by atoms with Crippen LogP contribution in [0.3, 0.4) is 0 Å². The van der Waals surface area contributed by atoms with Gasteiger partial charge >= 0.3 is 5.97 Å². The molecule has 1 aliphatic rings. The Morgan fingerprint density at radius 3 is 2.48 bits per heavy atom. The van der Waals surface area contributed by atoms with E-state index in [2.05, 4.69) is 5.32 Å². The number of benzene rings is 1. The molecular formula is C17H23NO3. The van der Waals surface area contributed by atoms with Crippen molar-refractivity contribution in [2.75, 3.05) is 0 Å². The third kappa shape index (κ3) is 3.43. The lowest BCUT2D eigenvalue weighted by atomic mass is 9.94. The third-order valence-electron chi connectivity index (χ3n) is 4.47. The Bertz CT molecular complexity index is 541. The van der Waals surface area contributed by atoms with Gasteiger partial charge in [0, 0.05) is 0 Å². The quantitative estimate of drug-likeness (QED) is 0.895. The molecule has 0 aromatic heterocycles. The molecule has 0 spiro atoms. The van der Waals surface area contributed by atoms with E-state index in [0.29, 0.717) is 12.8 Å². The van der Waals surface area contributed by atoms with Crippen molar-refractivity contribution in [3.63, 3.8) is 0 Å². The van der Waals surface area contributed by atoms with E-state index in [4.69, 9.17) is 0 Å². The highest BCUT2D eigenvalue weighted by atomic mass is 16.4. The largest absolute Gasteiger partial charge is 0.481 e. The van der Waals surface area contributed by atoms with Gasteiger partial charge in [-0.25, -0.2) is 0 Å². The van der Waals surface area contributed by atoms with E-state index < -0.39 is 17.8 Å². The molecule has 1 aromatic rings. The van der Waals surface area contributed by atoms with E-state index in [9.17, 15) is 14.7 Å². The second-order valence-corrected chi connectivity index (χ2v) is 6.21. The van der Waals surface area contributed by atoms with Gasteiger partial charge < -0.3 is 10.4 Å². The van der Waals surface area contributed by atoms with Crippen LogP contribution < -0.4 is 5.32 Å². The fourth-order valence-electron chi connectivity index (χ4n) is 3.33. The molecule has 0 radical (unpaired) electrons. The van der Waals surface area contributed by atoms with Gasteiger partial charge in [-0.15, -0.1) is 0 Å². The predicted octanol–water partition coefficient (Wildman–Crippen LogP) is 2.92. The van der Waals surface area contributed by atoms with Crippen LogP contribution >= 0.6 is 0 Å². The molecule has 3 unspecified atom stereocenters. The smallest absolute Gasteiger partial charge is 0.307 e. The highest BCUT2D eigenvalue weighted by Gasteiger charge is 2.41. The van der Waals surface area contributed by atoms with Crippen molar-refractivity contribution >= 4 is 11.9 Å². The molecule has 1 aliphatic carbocycles.